The molecule has 4 rings (SSSR count). The number of benzene rings is 1. The Labute approximate surface area is 158 Å². The van der Waals surface area contributed by atoms with Gasteiger partial charge in [-0.25, -0.2) is 4.98 Å². The molecule has 0 radical (unpaired) electrons. The van der Waals surface area contributed by atoms with E-state index in [1.807, 2.05) is 43.5 Å². The van der Waals surface area contributed by atoms with E-state index >= 15 is 0 Å². The quantitative estimate of drug-likeness (QED) is 0.740. The number of aromatic nitrogens is 2. The number of methoxy groups -OCH3 is 2. The molecule has 0 saturated carbocycles. The van der Waals surface area contributed by atoms with E-state index < -0.39 is 12.2 Å². The van der Waals surface area contributed by atoms with E-state index in [1.165, 1.54) is 0 Å². The maximum atomic E-state index is 11.1. The van der Waals surface area contributed by atoms with Crippen molar-refractivity contribution in [2.24, 2.45) is 0 Å². The van der Waals surface area contributed by atoms with Crippen molar-refractivity contribution in [3.63, 3.8) is 0 Å². The van der Waals surface area contributed by atoms with Gasteiger partial charge in [0.05, 0.1) is 24.0 Å². The molecule has 0 aliphatic carbocycles. The van der Waals surface area contributed by atoms with Crippen LogP contribution in [0.5, 0.6) is 0 Å². The van der Waals surface area contributed by atoms with Crippen LogP contribution in [0.1, 0.15) is 40.2 Å². The average molecular weight is 367 g/mol. The van der Waals surface area contributed by atoms with E-state index in [0.717, 1.165) is 39.4 Å². The monoisotopic (exact) mass is 367 g/mol. The van der Waals surface area contributed by atoms with Gasteiger partial charge in [-0.15, -0.1) is 0 Å². The van der Waals surface area contributed by atoms with Gasteiger partial charge in [0.2, 0.25) is 0 Å². The number of fused-ring (bicyclic) bond motifs is 3. The largest absolute Gasteiger partial charge is 0.388 e. The van der Waals surface area contributed by atoms with Crippen LogP contribution in [0.3, 0.4) is 0 Å². The molecular weight excluding hydrogens is 342 g/mol. The molecule has 27 heavy (non-hydrogen) atoms. The van der Waals surface area contributed by atoms with E-state index in [4.69, 9.17) is 14.5 Å². The van der Waals surface area contributed by atoms with Gasteiger partial charge >= 0.3 is 0 Å². The molecule has 2 N–H and O–H groups in total. The molecule has 0 saturated heterocycles. The number of hydrogen-bond donors (Lipinski definition) is 2. The molecule has 0 unspecified atom stereocenters. The predicted octanol–water partition coefficient (Wildman–Crippen LogP) is 3.31. The summed E-state index contributed by atoms with van der Waals surface area (Å²) < 4.78 is 13.3. The van der Waals surface area contributed by atoms with Crippen molar-refractivity contribution in [3.8, 4) is 0 Å². The molecule has 0 fully saturated rings. The third-order valence-electron chi connectivity index (χ3n) is 5.46. The number of nitrogens with zero attached hydrogens (tertiary/aromatic N) is 2. The molecule has 0 amide bonds. The molecule has 1 aliphatic rings. The van der Waals surface area contributed by atoms with Crippen LogP contribution < -0.4 is 5.32 Å². The summed E-state index contributed by atoms with van der Waals surface area (Å²) >= 11 is 0. The lowest BCUT2D eigenvalue weighted by Gasteiger charge is -2.38. The zero-order valence-electron chi connectivity index (χ0n) is 16.1. The van der Waals surface area contributed by atoms with Crippen molar-refractivity contribution in [3.05, 3.63) is 64.6 Å². The first-order chi connectivity index (χ1) is 13.1. The summed E-state index contributed by atoms with van der Waals surface area (Å²) in [4.78, 5) is 4.77. The van der Waals surface area contributed by atoms with E-state index in [0.29, 0.717) is 6.61 Å². The number of aliphatic hydroxyl groups is 1. The van der Waals surface area contributed by atoms with Gasteiger partial charge in [-0.1, -0.05) is 30.3 Å². The fraction of sp³-hybridized carbons (Fsp3) is 0.381. The minimum atomic E-state index is -0.736. The second-order valence-electron chi connectivity index (χ2n) is 7.03. The van der Waals surface area contributed by atoms with Crippen molar-refractivity contribution >= 4 is 11.3 Å². The Bertz CT molecular complexity index is 968. The van der Waals surface area contributed by atoms with E-state index in [2.05, 4.69) is 16.6 Å². The number of imidazole rings is 1. The van der Waals surface area contributed by atoms with Crippen LogP contribution in [0, 0.1) is 13.8 Å². The predicted molar refractivity (Wildman–Crippen MR) is 104 cm³/mol. The number of ether oxygens (including phenoxy) is 2. The zero-order chi connectivity index (χ0) is 19.1. The maximum absolute atomic E-state index is 11.1. The van der Waals surface area contributed by atoms with Crippen LogP contribution in [0.15, 0.2) is 36.5 Å². The number of hydrogen-bond acceptors (Lipinski definition) is 5. The molecule has 6 nitrogen and oxygen atoms in total. The second-order valence-corrected chi connectivity index (χ2v) is 7.03. The van der Waals surface area contributed by atoms with Crippen LogP contribution in [-0.2, 0) is 16.1 Å². The van der Waals surface area contributed by atoms with Gasteiger partial charge in [-0.3, -0.25) is 0 Å². The number of rotatable bonds is 4. The summed E-state index contributed by atoms with van der Waals surface area (Å²) in [5.74, 6) is 0. The van der Waals surface area contributed by atoms with Crippen LogP contribution in [0.2, 0.25) is 0 Å². The lowest BCUT2D eigenvalue weighted by Crippen LogP contribution is -2.38. The molecule has 3 atom stereocenters. The lowest BCUT2D eigenvalue weighted by molar-refractivity contribution is -0.0280. The minimum absolute atomic E-state index is 0.289. The highest BCUT2D eigenvalue weighted by atomic mass is 16.5. The van der Waals surface area contributed by atoms with Gasteiger partial charge in [-0.2, -0.15) is 0 Å². The number of nitrogens with one attached hydrogen (secondary N) is 1. The summed E-state index contributed by atoms with van der Waals surface area (Å²) in [7, 11) is 3.30. The Morgan fingerprint density at radius 2 is 1.93 bits per heavy atom. The average Bonchev–Trinajstić information content (AvgIpc) is 2.97. The molecule has 0 bridgehead atoms. The highest BCUT2D eigenvalue weighted by molar-refractivity contribution is 5.77. The Kier molecular flexibility index (Phi) is 4.63. The first-order valence-corrected chi connectivity index (χ1v) is 9.09. The zero-order valence-corrected chi connectivity index (χ0v) is 16.1. The van der Waals surface area contributed by atoms with Gasteiger partial charge in [0.15, 0.2) is 5.65 Å². The SMILES string of the molecule is COCc1cn2c(C)c(C)nc2c2c1[C@@H](OC)[C@H](O)[C@@H](c1ccccc1)N2. The minimum Gasteiger partial charge on any atom is -0.388 e. The summed E-state index contributed by atoms with van der Waals surface area (Å²) in [6, 6.07) is 9.65. The molecule has 3 heterocycles. The van der Waals surface area contributed by atoms with E-state index in [-0.39, 0.29) is 6.04 Å². The first-order valence-electron chi connectivity index (χ1n) is 9.09. The van der Waals surface area contributed by atoms with Gasteiger partial charge in [-0.05, 0) is 19.4 Å². The van der Waals surface area contributed by atoms with E-state index in [1.54, 1.807) is 14.2 Å². The van der Waals surface area contributed by atoms with Crippen molar-refractivity contribution in [2.45, 2.75) is 38.7 Å². The first kappa shape index (κ1) is 18.0. The van der Waals surface area contributed by atoms with Gasteiger partial charge < -0.3 is 24.3 Å². The van der Waals surface area contributed by atoms with Crippen LogP contribution in [0.25, 0.3) is 5.65 Å². The molecule has 2 aromatic heterocycles. The molecule has 1 aromatic carbocycles. The van der Waals surface area contributed by atoms with Crippen LogP contribution in [0.4, 0.5) is 5.69 Å². The van der Waals surface area contributed by atoms with Crippen LogP contribution in [-0.4, -0.2) is 34.8 Å². The van der Waals surface area contributed by atoms with Crippen molar-refractivity contribution in [1.29, 1.82) is 0 Å². The molecular formula is C21H25N3O3. The third kappa shape index (κ3) is 2.81. The molecule has 6 heteroatoms. The Morgan fingerprint density at radius 1 is 1.19 bits per heavy atom. The number of pyridine rings is 1. The third-order valence-corrected chi connectivity index (χ3v) is 5.46. The Balaban J connectivity index is 1.97. The fourth-order valence-electron chi connectivity index (χ4n) is 3.99. The van der Waals surface area contributed by atoms with Gasteiger partial charge in [0.1, 0.15) is 12.2 Å². The summed E-state index contributed by atoms with van der Waals surface area (Å²) in [6.07, 6.45) is 0.829. The molecule has 142 valence electrons. The second kappa shape index (κ2) is 6.96. The Hall–Kier alpha value is -2.41. The van der Waals surface area contributed by atoms with Crippen molar-refractivity contribution in [1.82, 2.24) is 9.38 Å². The number of anilines is 1. The summed E-state index contributed by atoms with van der Waals surface area (Å²) in [5, 5.41) is 14.6. The van der Waals surface area contributed by atoms with Gasteiger partial charge in [0.25, 0.3) is 0 Å². The molecule has 1 aliphatic heterocycles. The summed E-state index contributed by atoms with van der Waals surface area (Å²) in [6.45, 7) is 4.49. The number of aliphatic hydroxyl groups excluding tert-OH is 1. The van der Waals surface area contributed by atoms with Crippen LogP contribution >= 0.6 is 0 Å². The Morgan fingerprint density at radius 3 is 2.59 bits per heavy atom. The molecule has 3 aromatic rings. The van der Waals surface area contributed by atoms with Crippen molar-refractivity contribution in [2.75, 3.05) is 19.5 Å². The normalized spacial score (nSPS) is 21.9. The van der Waals surface area contributed by atoms with Gasteiger partial charge in [0, 0.05) is 37.2 Å². The fourth-order valence-corrected chi connectivity index (χ4v) is 3.99. The lowest BCUT2D eigenvalue weighted by atomic mass is 9.87. The van der Waals surface area contributed by atoms with E-state index in [9.17, 15) is 5.11 Å². The maximum Gasteiger partial charge on any atom is 0.161 e. The smallest absolute Gasteiger partial charge is 0.161 e. The van der Waals surface area contributed by atoms with Crippen molar-refractivity contribution < 1.29 is 14.6 Å². The topological polar surface area (TPSA) is 68.0 Å². The highest BCUT2D eigenvalue weighted by Gasteiger charge is 2.39. The number of aryl methyl sites for hydroxylation is 2. The highest BCUT2D eigenvalue weighted by Crippen LogP contribution is 2.44. The summed E-state index contributed by atoms with van der Waals surface area (Å²) in [5.41, 5.74) is 6.70. The standard InChI is InChI=1S/C21H25N3O3/c1-12-13(2)24-10-15(11-26-3)16-18(21(24)22-12)23-17(19(25)20(16)27-4)14-8-6-5-7-9-14/h5-10,17,19-20,23,25H,11H2,1-4H3/t17-,19-,20-/m1/s1. The molecule has 0 spiro atoms.